The molecule has 1 amide bonds. The quantitative estimate of drug-likeness (QED) is 0.831. The fourth-order valence-electron chi connectivity index (χ4n) is 3.43. The maximum absolute atomic E-state index is 11.6. The van der Waals surface area contributed by atoms with Crippen molar-refractivity contribution in [2.24, 2.45) is 0 Å². The summed E-state index contributed by atoms with van der Waals surface area (Å²) >= 11 is 0. The summed E-state index contributed by atoms with van der Waals surface area (Å²) in [6, 6.07) is 16.9. The zero-order valence-corrected chi connectivity index (χ0v) is 15.4. The number of nitrogens with zero attached hydrogens (tertiary/aromatic N) is 1. The predicted molar refractivity (Wildman–Crippen MR) is 102 cm³/mol. The lowest BCUT2D eigenvalue weighted by Gasteiger charge is -2.17. The Bertz CT molecular complexity index is 730. The van der Waals surface area contributed by atoms with Crippen molar-refractivity contribution in [2.45, 2.75) is 19.0 Å². The van der Waals surface area contributed by atoms with Crippen molar-refractivity contribution in [1.82, 2.24) is 10.2 Å². The lowest BCUT2D eigenvalue weighted by molar-refractivity contribution is -0.125. The van der Waals surface area contributed by atoms with Gasteiger partial charge in [-0.05, 0) is 23.6 Å². The number of carbonyl (C=O) groups excluding carboxylic acids is 1. The second-order valence-corrected chi connectivity index (χ2v) is 6.62. The van der Waals surface area contributed by atoms with Crippen LogP contribution in [0.5, 0.6) is 5.75 Å². The van der Waals surface area contributed by atoms with E-state index in [1.54, 1.807) is 7.11 Å². The van der Waals surface area contributed by atoms with Gasteiger partial charge in [0.1, 0.15) is 12.4 Å². The summed E-state index contributed by atoms with van der Waals surface area (Å²) in [6.07, 6.45) is 0.981. The fraction of sp³-hybridized carbons (Fsp3) is 0.381. The molecule has 2 aromatic carbocycles. The number of likely N-dealkylation sites (tertiary alicyclic amines) is 1. The molecule has 1 aliphatic heterocycles. The Morgan fingerprint density at radius 3 is 2.65 bits per heavy atom. The van der Waals surface area contributed by atoms with E-state index in [9.17, 15) is 4.79 Å². The highest BCUT2D eigenvalue weighted by atomic mass is 16.5. The summed E-state index contributed by atoms with van der Waals surface area (Å²) in [5, 5.41) is 3.02. The van der Waals surface area contributed by atoms with Crippen LogP contribution >= 0.6 is 0 Å². The number of rotatable bonds is 7. The van der Waals surface area contributed by atoms with Gasteiger partial charge in [0.25, 0.3) is 0 Å². The van der Waals surface area contributed by atoms with Crippen LogP contribution in [0.4, 0.5) is 0 Å². The van der Waals surface area contributed by atoms with E-state index in [4.69, 9.17) is 9.47 Å². The molecule has 1 heterocycles. The van der Waals surface area contributed by atoms with Gasteiger partial charge in [-0.3, -0.25) is 9.69 Å². The van der Waals surface area contributed by atoms with Gasteiger partial charge in [0.05, 0.1) is 7.11 Å². The van der Waals surface area contributed by atoms with Crippen molar-refractivity contribution in [3.05, 3.63) is 54.1 Å². The molecule has 1 aliphatic rings. The highest BCUT2D eigenvalue weighted by molar-refractivity contribution is 5.77. The molecular weight excluding hydrogens is 328 g/mol. The van der Waals surface area contributed by atoms with Gasteiger partial charge < -0.3 is 14.8 Å². The minimum absolute atomic E-state index is 0.0412. The molecule has 1 unspecified atom stereocenters. The minimum Gasteiger partial charge on any atom is -0.496 e. The number of nitrogens with one attached hydrogen (secondary N) is 1. The first-order valence-corrected chi connectivity index (χ1v) is 8.92. The molecular formula is C21H26N2O3. The molecule has 0 spiro atoms. The smallest absolute Gasteiger partial charge is 0.246 e. The van der Waals surface area contributed by atoms with E-state index in [-0.39, 0.29) is 18.6 Å². The van der Waals surface area contributed by atoms with Crippen LogP contribution in [0.15, 0.2) is 48.5 Å². The summed E-state index contributed by atoms with van der Waals surface area (Å²) in [6.45, 7) is 2.89. The number of benzene rings is 2. The SMILES string of the molecule is COCC(=O)NC1CCN(Cc2ccc(-c3ccccc3OC)cc2)C1. The van der Waals surface area contributed by atoms with Crippen LogP contribution < -0.4 is 10.1 Å². The van der Waals surface area contributed by atoms with Crippen molar-refractivity contribution < 1.29 is 14.3 Å². The Balaban J connectivity index is 1.58. The second kappa shape index (κ2) is 8.83. The Morgan fingerprint density at radius 1 is 1.15 bits per heavy atom. The van der Waals surface area contributed by atoms with Gasteiger partial charge in [0.2, 0.25) is 5.91 Å². The molecule has 1 atom stereocenters. The maximum Gasteiger partial charge on any atom is 0.246 e. The molecule has 1 N–H and O–H groups in total. The van der Waals surface area contributed by atoms with Crippen LogP contribution in [-0.2, 0) is 16.1 Å². The normalized spacial score (nSPS) is 17.2. The van der Waals surface area contributed by atoms with Gasteiger partial charge in [-0.1, -0.05) is 42.5 Å². The Morgan fingerprint density at radius 2 is 1.92 bits per heavy atom. The number of para-hydroxylation sites is 1. The molecule has 1 saturated heterocycles. The van der Waals surface area contributed by atoms with Crippen LogP contribution in [0, 0.1) is 0 Å². The zero-order chi connectivity index (χ0) is 18.4. The van der Waals surface area contributed by atoms with E-state index in [1.165, 1.54) is 12.7 Å². The van der Waals surface area contributed by atoms with E-state index in [0.717, 1.165) is 42.9 Å². The van der Waals surface area contributed by atoms with E-state index in [1.807, 2.05) is 18.2 Å². The molecule has 26 heavy (non-hydrogen) atoms. The molecule has 0 aromatic heterocycles. The van der Waals surface area contributed by atoms with Crippen LogP contribution in [0.25, 0.3) is 11.1 Å². The first-order chi connectivity index (χ1) is 12.7. The van der Waals surface area contributed by atoms with Crippen LogP contribution in [0.1, 0.15) is 12.0 Å². The lowest BCUT2D eigenvalue weighted by atomic mass is 10.0. The molecule has 0 radical (unpaired) electrons. The predicted octanol–water partition coefficient (Wildman–Crippen LogP) is 2.70. The molecule has 138 valence electrons. The Kier molecular flexibility index (Phi) is 6.26. The first kappa shape index (κ1) is 18.4. The van der Waals surface area contributed by atoms with Crippen molar-refractivity contribution in [3.63, 3.8) is 0 Å². The Labute approximate surface area is 154 Å². The standard InChI is InChI=1S/C21H26N2O3/c1-25-15-21(24)22-18-11-12-23(14-18)13-16-7-9-17(10-8-16)19-5-3-4-6-20(19)26-2/h3-10,18H,11-15H2,1-2H3,(H,22,24). The molecule has 1 fully saturated rings. The topological polar surface area (TPSA) is 50.8 Å². The molecule has 3 rings (SSSR count). The molecule has 2 aromatic rings. The zero-order valence-electron chi connectivity index (χ0n) is 15.4. The minimum atomic E-state index is -0.0412. The fourth-order valence-corrected chi connectivity index (χ4v) is 3.43. The lowest BCUT2D eigenvalue weighted by Crippen LogP contribution is -2.38. The molecule has 0 saturated carbocycles. The highest BCUT2D eigenvalue weighted by Gasteiger charge is 2.23. The average Bonchev–Trinajstić information content (AvgIpc) is 3.09. The first-order valence-electron chi connectivity index (χ1n) is 8.92. The number of methoxy groups -OCH3 is 2. The van der Waals surface area contributed by atoms with Crippen LogP contribution in [0.3, 0.4) is 0 Å². The third-order valence-corrected chi connectivity index (χ3v) is 4.69. The van der Waals surface area contributed by atoms with E-state index >= 15 is 0 Å². The van der Waals surface area contributed by atoms with Gasteiger partial charge in [-0.2, -0.15) is 0 Å². The summed E-state index contributed by atoms with van der Waals surface area (Å²) in [7, 11) is 3.23. The van der Waals surface area contributed by atoms with Gasteiger partial charge in [-0.25, -0.2) is 0 Å². The second-order valence-electron chi connectivity index (χ2n) is 6.62. The van der Waals surface area contributed by atoms with Crippen molar-refractivity contribution >= 4 is 5.91 Å². The summed E-state index contributed by atoms with van der Waals surface area (Å²) in [5.74, 6) is 0.843. The van der Waals surface area contributed by atoms with Crippen LogP contribution in [-0.4, -0.2) is 50.8 Å². The van der Waals surface area contributed by atoms with Crippen molar-refractivity contribution in [2.75, 3.05) is 33.9 Å². The number of amides is 1. The van der Waals surface area contributed by atoms with E-state index in [0.29, 0.717) is 0 Å². The third kappa shape index (κ3) is 4.62. The Hall–Kier alpha value is -2.37. The molecule has 5 nitrogen and oxygen atoms in total. The average molecular weight is 354 g/mol. The van der Waals surface area contributed by atoms with Gasteiger partial charge in [0, 0.05) is 38.3 Å². The highest BCUT2D eigenvalue weighted by Crippen LogP contribution is 2.29. The molecule has 5 heteroatoms. The number of hydrogen-bond acceptors (Lipinski definition) is 4. The largest absolute Gasteiger partial charge is 0.496 e. The van der Waals surface area contributed by atoms with Crippen LogP contribution in [0.2, 0.25) is 0 Å². The summed E-state index contributed by atoms with van der Waals surface area (Å²) in [5.41, 5.74) is 3.52. The van der Waals surface area contributed by atoms with Crippen molar-refractivity contribution in [1.29, 1.82) is 0 Å². The maximum atomic E-state index is 11.6. The number of hydrogen-bond donors (Lipinski definition) is 1. The van der Waals surface area contributed by atoms with Gasteiger partial charge >= 0.3 is 0 Å². The number of ether oxygens (including phenoxy) is 2. The summed E-state index contributed by atoms with van der Waals surface area (Å²) < 4.78 is 10.3. The van der Waals surface area contributed by atoms with E-state index < -0.39 is 0 Å². The third-order valence-electron chi connectivity index (χ3n) is 4.69. The summed E-state index contributed by atoms with van der Waals surface area (Å²) in [4.78, 5) is 14.0. The van der Waals surface area contributed by atoms with Gasteiger partial charge in [0.15, 0.2) is 0 Å². The van der Waals surface area contributed by atoms with E-state index in [2.05, 4.69) is 40.5 Å². The molecule has 0 bridgehead atoms. The monoisotopic (exact) mass is 354 g/mol. The number of carbonyl (C=O) groups is 1. The van der Waals surface area contributed by atoms with Crippen molar-refractivity contribution in [3.8, 4) is 16.9 Å². The molecule has 0 aliphatic carbocycles. The van der Waals surface area contributed by atoms with Gasteiger partial charge in [-0.15, -0.1) is 0 Å².